The van der Waals surface area contributed by atoms with Gasteiger partial charge < -0.3 is 30.9 Å². The predicted molar refractivity (Wildman–Crippen MR) is 82.7 cm³/mol. The molecule has 0 radical (unpaired) electrons. The van der Waals surface area contributed by atoms with E-state index in [-0.39, 0.29) is 12.4 Å². The van der Waals surface area contributed by atoms with E-state index in [2.05, 4.69) is 9.97 Å². The summed E-state index contributed by atoms with van der Waals surface area (Å²) in [5.74, 6) is 0.205. The van der Waals surface area contributed by atoms with E-state index in [4.69, 9.17) is 32.3 Å². The summed E-state index contributed by atoms with van der Waals surface area (Å²) in [4.78, 5) is 8.20. The highest BCUT2D eigenvalue weighted by molar-refractivity contribution is 6.35. The minimum atomic E-state index is -1.22. The fraction of sp³-hybridized carbons (Fsp3) is 0.538. The maximum Gasteiger partial charge on any atom is 0.165 e. The maximum absolute atomic E-state index is 10.0. The number of nitrogens with two attached hydrogens (primary N) is 1. The van der Waals surface area contributed by atoms with Gasteiger partial charge in [0.1, 0.15) is 29.6 Å². The maximum atomic E-state index is 10.0. The van der Waals surface area contributed by atoms with Crippen molar-refractivity contribution in [3.05, 3.63) is 17.4 Å². The van der Waals surface area contributed by atoms with Crippen LogP contribution in [0.4, 0.5) is 5.82 Å². The van der Waals surface area contributed by atoms with Crippen LogP contribution in [0, 0.1) is 0 Å². The monoisotopic (exact) mass is 346 g/mol. The summed E-state index contributed by atoms with van der Waals surface area (Å²) in [5.41, 5.74) is 6.39. The number of anilines is 1. The van der Waals surface area contributed by atoms with E-state index < -0.39 is 31.1 Å². The first kappa shape index (κ1) is 17.9. The van der Waals surface area contributed by atoms with Gasteiger partial charge in [-0.05, 0) is 6.92 Å². The summed E-state index contributed by atoms with van der Waals surface area (Å²) in [5, 5.41) is 36.8. The van der Waals surface area contributed by atoms with Crippen molar-refractivity contribution in [3.63, 3.8) is 0 Å². The van der Waals surface area contributed by atoms with Gasteiger partial charge in [-0.2, -0.15) is 0 Å². The standard InChI is InChI=1S/C11H13ClN4O4.C2H6O/c12-4-1-6(13)15-10-7(4)14-3-16(10)11-9(19)8(18)5(2-17)20-11;1-2-3/h1,3,5,8-9,11,17-19H,2H2,(H2,13,15);3H,2H2,1H3. The lowest BCUT2D eigenvalue weighted by molar-refractivity contribution is -0.0511. The van der Waals surface area contributed by atoms with Crippen LogP contribution in [0.1, 0.15) is 13.2 Å². The summed E-state index contributed by atoms with van der Waals surface area (Å²) >= 11 is 6.01. The Morgan fingerprint density at radius 2 is 2.00 bits per heavy atom. The van der Waals surface area contributed by atoms with Crippen LogP contribution >= 0.6 is 11.6 Å². The highest BCUT2D eigenvalue weighted by atomic mass is 35.5. The number of aliphatic hydroxyl groups excluding tert-OH is 4. The van der Waals surface area contributed by atoms with E-state index in [1.54, 1.807) is 6.92 Å². The first-order valence-electron chi connectivity index (χ1n) is 6.96. The highest BCUT2D eigenvalue weighted by Gasteiger charge is 2.43. The molecular formula is C13H19ClN4O5. The van der Waals surface area contributed by atoms with E-state index in [1.807, 2.05) is 0 Å². The molecule has 0 aliphatic carbocycles. The Labute approximate surface area is 136 Å². The Bertz CT molecular complexity index is 667. The molecule has 6 N–H and O–H groups in total. The van der Waals surface area contributed by atoms with Gasteiger partial charge in [-0.15, -0.1) is 0 Å². The molecule has 0 amide bonds. The molecule has 4 atom stereocenters. The normalized spacial score (nSPS) is 27.0. The van der Waals surface area contributed by atoms with Gasteiger partial charge in [0.2, 0.25) is 0 Å². The third-order valence-electron chi connectivity index (χ3n) is 3.29. The van der Waals surface area contributed by atoms with Gasteiger partial charge >= 0.3 is 0 Å². The topological polar surface area (TPSA) is 147 Å². The number of rotatable bonds is 2. The van der Waals surface area contributed by atoms with Crippen molar-refractivity contribution in [2.45, 2.75) is 31.5 Å². The highest BCUT2D eigenvalue weighted by Crippen LogP contribution is 2.32. The van der Waals surface area contributed by atoms with Crippen molar-refractivity contribution in [2.75, 3.05) is 18.9 Å². The molecule has 0 bridgehead atoms. The number of imidazole rings is 1. The molecule has 2 aromatic rings. The van der Waals surface area contributed by atoms with Gasteiger partial charge in [0, 0.05) is 12.7 Å². The number of hydrogen-bond donors (Lipinski definition) is 5. The predicted octanol–water partition coefficient (Wildman–Crippen LogP) is -0.723. The van der Waals surface area contributed by atoms with E-state index in [9.17, 15) is 10.2 Å². The lowest BCUT2D eigenvalue weighted by atomic mass is 10.1. The Morgan fingerprint density at radius 3 is 2.57 bits per heavy atom. The third kappa shape index (κ3) is 3.39. The summed E-state index contributed by atoms with van der Waals surface area (Å²) in [6.07, 6.45) is -2.81. The molecule has 9 nitrogen and oxygen atoms in total. The SMILES string of the molecule is CCO.Nc1cc(Cl)c2ncn(C3OC(CO)C(O)C3O)c2n1. The molecule has 128 valence electrons. The third-order valence-corrected chi connectivity index (χ3v) is 3.58. The largest absolute Gasteiger partial charge is 0.397 e. The number of nitrogen functional groups attached to an aromatic ring is 1. The molecule has 0 aromatic carbocycles. The van der Waals surface area contributed by atoms with E-state index in [0.29, 0.717) is 16.2 Å². The van der Waals surface area contributed by atoms with Gasteiger partial charge in [-0.25, -0.2) is 9.97 Å². The molecule has 1 aliphatic heterocycles. The molecule has 10 heteroatoms. The Morgan fingerprint density at radius 1 is 1.35 bits per heavy atom. The van der Waals surface area contributed by atoms with Crippen LogP contribution in [-0.4, -0.2) is 66.5 Å². The first-order valence-corrected chi connectivity index (χ1v) is 7.34. The van der Waals surface area contributed by atoms with Crippen LogP contribution in [-0.2, 0) is 4.74 Å². The molecule has 3 rings (SSSR count). The second-order valence-electron chi connectivity index (χ2n) is 4.90. The number of halogens is 1. The van der Waals surface area contributed by atoms with Gasteiger partial charge in [-0.3, -0.25) is 4.57 Å². The molecule has 1 fully saturated rings. The van der Waals surface area contributed by atoms with Crippen LogP contribution < -0.4 is 5.73 Å². The summed E-state index contributed by atoms with van der Waals surface area (Å²) in [6, 6.07) is 1.47. The lowest BCUT2D eigenvalue weighted by Gasteiger charge is -2.16. The number of ether oxygens (including phenoxy) is 1. The zero-order valence-corrected chi connectivity index (χ0v) is 13.1. The number of aromatic nitrogens is 3. The van der Waals surface area contributed by atoms with Crippen LogP contribution in [0.25, 0.3) is 11.2 Å². The van der Waals surface area contributed by atoms with E-state index in [0.717, 1.165) is 0 Å². The minimum absolute atomic E-state index is 0.205. The molecule has 2 aromatic heterocycles. The summed E-state index contributed by atoms with van der Waals surface area (Å²) in [7, 11) is 0. The minimum Gasteiger partial charge on any atom is -0.397 e. The van der Waals surface area contributed by atoms with Gasteiger partial charge in [-0.1, -0.05) is 11.6 Å². The Kier molecular flexibility index (Phi) is 5.74. The van der Waals surface area contributed by atoms with Crippen LogP contribution in [0.3, 0.4) is 0 Å². The average Bonchev–Trinajstić information content (AvgIpc) is 3.03. The van der Waals surface area contributed by atoms with Crippen LogP contribution in [0.5, 0.6) is 0 Å². The molecule has 0 saturated carbocycles. The molecular weight excluding hydrogens is 328 g/mol. The second kappa shape index (κ2) is 7.39. The van der Waals surface area contributed by atoms with E-state index in [1.165, 1.54) is 17.0 Å². The number of fused-ring (bicyclic) bond motifs is 1. The van der Waals surface area contributed by atoms with Crippen LogP contribution in [0.2, 0.25) is 5.02 Å². The van der Waals surface area contributed by atoms with Crippen LogP contribution in [0.15, 0.2) is 12.4 Å². The number of nitrogens with zero attached hydrogens (tertiary/aromatic N) is 3. The van der Waals surface area contributed by atoms with Crippen molar-refractivity contribution >= 4 is 28.6 Å². The Hall–Kier alpha value is -1.49. The Balaban J connectivity index is 0.000000595. The lowest BCUT2D eigenvalue weighted by Crippen LogP contribution is -2.33. The smallest absolute Gasteiger partial charge is 0.165 e. The summed E-state index contributed by atoms with van der Waals surface area (Å²) in [6.45, 7) is 1.53. The van der Waals surface area contributed by atoms with Crippen molar-refractivity contribution in [3.8, 4) is 0 Å². The molecule has 23 heavy (non-hydrogen) atoms. The van der Waals surface area contributed by atoms with Gasteiger partial charge in [0.05, 0.1) is 18.0 Å². The second-order valence-corrected chi connectivity index (χ2v) is 5.31. The molecule has 1 aliphatic rings. The molecule has 4 unspecified atom stereocenters. The quantitative estimate of drug-likeness (QED) is 0.478. The van der Waals surface area contributed by atoms with Crippen molar-refractivity contribution < 1.29 is 25.2 Å². The summed E-state index contributed by atoms with van der Waals surface area (Å²) < 4.78 is 6.85. The fourth-order valence-electron chi connectivity index (χ4n) is 2.28. The van der Waals surface area contributed by atoms with Gasteiger partial charge in [0.15, 0.2) is 11.9 Å². The number of aliphatic hydroxyl groups is 4. The van der Waals surface area contributed by atoms with Gasteiger partial charge in [0.25, 0.3) is 0 Å². The molecule has 1 saturated heterocycles. The van der Waals surface area contributed by atoms with Crippen molar-refractivity contribution in [1.29, 1.82) is 0 Å². The molecule has 0 spiro atoms. The van der Waals surface area contributed by atoms with E-state index >= 15 is 0 Å². The van der Waals surface area contributed by atoms with Crippen molar-refractivity contribution in [1.82, 2.24) is 14.5 Å². The number of hydrogen-bond acceptors (Lipinski definition) is 8. The van der Waals surface area contributed by atoms with Crippen molar-refractivity contribution in [2.24, 2.45) is 0 Å². The fourth-order valence-corrected chi connectivity index (χ4v) is 2.53. The number of pyridine rings is 1. The zero-order chi connectivity index (χ0) is 17.1. The first-order chi connectivity index (χ1) is 10.9. The average molecular weight is 347 g/mol. The molecule has 3 heterocycles. The zero-order valence-electron chi connectivity index (χ0n) is 12.4.